The van der Waals surface area contributed by atoms with Gasteiger partial charge in [-0.3, -0.25) is 14.4 Å². The number of carbonyl (C=O) groups excluding carboxylic acids is 3. The zero-order chi connectivity index (χ0) is 22.5. The van der Waals surface area contributed by atoms with Crippen LogP contribution in [0.3, 0.4) is 0 Å². The maximum atomic E-state index is 11.7. The van der Waals surface area contributed by atoms with Crippen molar-refractivity contribution in [3.63, 3.8) is 0 Å². The normalized spacial score (nSPS) is 11.2. The molecule has 0 aromatic carbocycles. The highest BCUT2D eigenvalue weighted by atomic mass is 32.1. The van der Waals surface area contributed by atoms with Crippen LogP contribution >= 0.6 is 20.9 Å². The van der Waals surface area contributed by atoms with Crippen LogP contribution in [0, 0.1) is 0 Å². The summed E-state index contributed by atoms with van der Waals surface area (Å²) in [6.45, 7) is 0.692. The summed E-state index contributed by atoms with van der Waals surface area (Å²) in [5.74, 6) is 0.521. The number of hydrogen-bond donors (Lipinski definition) is 2. The Labute approximate surface area is 186 Å². The predicted molar refractivity (Wildman–Crippen MR) is 116 cm³/mol. The lowest BCUT2D eigenvalue weighted by Gasteiger charge is -2.07. The fourth-order valence-electron chi connectivity index (χ4n) is 2.77. The molecule has 1 atom stereocenters. The average Bonchev–Trinajstić information content (AvgIpc) is 2.70. The zero-order valence-corrected chi connectivity index (χ0v) is 19.6. The van der Waals surface area contributed by atoms with Gasteiger partial charge in [0.1, 0.15) is 19.0 Å². The van der Waals surface area contributed by atoms with Crippen LogP contribution in [0.15, 0.2) is 0 Å². The molecule has 0 aromatic rings. The minimum absolute atomic E-state index is 0.0531. The summed E-state index contributed by atoms with van der Waals surface area (Å²) >= 11 is 4.03. The second-order valence-corrected chi connectivity index (χ2v) is 8.22. The van der Waals surface area contributed by atoms with E-state index >= 15 is 0 Å². The molecule has 0 rings (SSSR count). The molecule has 0 radical (unpaired) electrons. The molecule has 1 N–H and O–H groups in total. The van der Waals surface area contributed by atoms with E-state index in [2.05, 4.69) is 22.5 Å². The summed E-state index contributed by atoms with van der Waals surface area (Å²) in [7, 11) is -2.76. The number of Topliss-reactive ketones (excluding diaryl/α,β-unsaturated/α-hetero) is 1. The average molecular weight is 466 g/mol. The van der Waals surface area contributed by atoms with E-state index in [1.54, 1.807) is 0 Å². The Bertz CT molecular complexity index is 506. The molecule has 1 amide bonds. The molecule has 174 valence electrons. The first-order valence-corrected chi connectivity index (χ1v) is 12.5. The van der Waals surface area contributed by atoms with Crippen LogP contribution in [0.1, 0.15) is 83.5 Å². The molecule has 30 heavy (non-hydrogen) atoms. The summed E-state index contributed by atoms with van der Waals surface area (Å²) in [6.07, 6.45) is 9.47. The lowest BCUT2D eigenvalue weighted by atomic mass is 10.1. The van der Waals surface area contributed by atoms with Gasteiger partial charge in [0, 0.05) is 25.7 Å². The molecular weight excluding hydrogens is 429 g/mol. The Balaban J connectivity index is 3.39. The van der Waals surface area contributed by atoms with Crippen molar-refractivity contribution in [3.05, 3.63) is 0 Å². The van der Waals surface area contributed by atoms with Gasteiger partial charge in [0.2, 0.25) is 5.91 Å². The van der Waals surface area contributed by atoms with Crippen molar-refractivity contribution in [2.75, 3.05) is 25.5 Å². The van der Waals surface area contributed by atoms with Crippen molar-refractivity contribution in [3.8, 4) is 0 Å². The van der Waals surface area contributed by atoms with Gasteiger partial charge in [-0.2, -0.15) is 12.6 Å². The first-order valence-electron chi connectivity index (χ1n) is 10.8. The second kappa shape index (κ2) is 21.2. The molecular formula is C20H36NO7PS. The lowest BCUT2D eigenvalue weighted by Crippen LogP contribution is -2.27. The van der Waals surface area contributed by atoms with Crippen LogP contribution in [-0.2, 0) is 28.2 Å². The van der Waals surface area contributed by atoms with Gasteiger partial charge >= 0.3 is 14.2 Å². The Hall–Kier alpha value is -1.02. The number of rotatable bonds is 21. The van der Waals surface area contributed by atoms with Gasteiger partial charge < -0.3 is 14.9 Å². The van der Waals surface area contributed by atoms with E-state index in [4.69, 9.17) is 4.74 Å². The van der Waals surface area contributed by atoms with Crippen LogP contribution in [0.5, 0.6) is 0 Å². The molecule has 0 aliphatic carbocycles. The van der Waals surface area contributed by atoms with Crippen molar-refractivity contribution >= 4 is 38.5 Å². The first kappa shape index (κ1) is 29.0. The van der Waals surface area contributed by atoms with Gasteiger partial charge in [-0.25, -0.2) is 0 Å². The summed E-state index contributed by atoms with van der Waals surface area (Å²) in [6, 6.07) is 0. The minimum Gasteiger partial charge on any atom is -0.566 e. The summed E-state index contributed by atoms with van der Waals surface area (Å²) in [5.41, 5.74) is 0. The van der Waals surface area contributed by atoms with E-state index in [9.17, 15) is 23.8 Å². The van der Waals surface area contributed by atoms with E-state index in [1.165, 1.54) is 0 Å². The maximum absolute atomic E-state index is 11.7. The van der Waals surface area contributed by atoms with E-state index in [-0.39, 0.29) is 30.9 Å². The number of thiol groups is 1. The quantitative estimate of drug-likeness (QED) is 0.115. The number of ketones is 1. The van der Waals surface area contributed by atoms with E-state index in [0.717, 1.165) is 51.4 Å². The van der Waals surface area contributed by atoms with Gasteiger partial charge in [-0.05, 0) is 36.0 Å². The van der Waals surface area contributed by atoms with Crippen molar-refractivity contribution in [1.29, 1.82) is 0 Å². The first-order chi connectivity index (χ1) is 14.5. The fraction of sp³-hybridized carbons (Fsp3) is 0.850. The van der Waals surface area contributed by atoms with Crippen molar-refractivity contribution in [1.82, 2.24) is 5.32 Å². The Morgan fingerprint density at radius 1 is 0.800 bits per heavy atom. The number of unbranched alkanes of at least 4 members (excludes halogenated alkanes) is 7. The van der Waals surface area contributed by atoms with E-state index in [1.807, 2.05) is 0 Å². The SMILES string of the molecule is O=C(CCS)CCCCCCC(=O)NCCOC(=O)CCCCCCCO[P+](=O)[O-]. The molecule has 0 saturated carbocycles. The highest BCUT2D eigenvalue weighted by molar-refractivity contribution is 7.80. The number of esters is 1. The number of amides is 1. The Morgan fingerprint density at radius 3 is 2.07 bits per heavy atom. The van der Waals surface area contributed by atoms with E-state index < -0.39 is 8.25 Å². The minimum atomic E-state index is -2.76. The predicted octanol–water partition coefficient (Wildman–Crippen LogP) is 3.25. The molecule has 0 spiro atoms. The summed E-state index contributed by atoms with van der Waals surface area (Å²) in [4.78, 5) is 44.9. The Kier molecular flexibility index (Phi) is 20.5. The van der Waals surface area contributed by atoms with Gasteiger partial charge in [0.15, 0.2) is 0 Å². The largest absolute Gasteiger partial charge is 0.566 e. The molecule has 1 unspecified atom stereocenters. The smallest absolute Gasteiger partial charge is 0.488 e. The van der Waals surface area contributed by atoms with Gasteiger partial charge in [0.05, 0.1) is 6.54 Å². The van der Waals surface area contributed by atoms with Crippen molar-refractivity contribution in [2.45, 2.75) is 83.5 Å². The van der Waals surface area contributed by atoms with E-state index in [0.29, 0.717) is 44.4 Å². The van der Waals surface area contributed by atoms with Crippen LogP contribution in [0.25, 0.3) is 0 Å². The highest BCUT2D eigenvalue weighted by Gasteiger charge is 2.05. The van der Waals surface area contributed by atoms with Crippen LogP contribution in [0.2, 0.25) is 0 Å². The zero-order valence-electron chi connectivity index (χ0n) is 17.8. The molecule has 0 aliphatic rings. The number of hydrogen-bond acceptors (Lipinski definition) is 8. The molecule has 0 saturated heterocycles. The van der Waals surface area contributed by atoms with Crippen LogP contribution in [-0.4, -0.2) is 43.2 Å². The number of nitrogens with one attached hydrogen (secondary N) is 1. The standard InChI is InChI=1S/C20H36NO7PS/c22-18(13-17-30)10-6-3-4-7-11-19(23)21-14-16-27-20(24)12-8-2-1-5-9-15-28-29(25)26/h30H,1-17H2,(H,21,23). The molecule has 0 bridgehead atoms. The molecule has 10 heteroatoms. The topological polar surface area (TPSA) is 122 Å². The molecule has 0 fully saturated rings. The second-order valence-electron chi connectivity index (χ2n) is 7.07. The van der Waals surface area contributed by atoms with Crippen LogP contribution < -0.4 is 10.2 Å². The third-order valence-corrected chi connectivity index (χ3v) is 5.03. The fourth-order valence-corrected chi connectivity index (χ4v) is 3.30. The maximum Gasteiger partial charge on any atom is 0.488 e. The summed E-state index contributed by atoms with van der Waals surface area (Å²) in [5, 5.41) is 2.73. The molecule has 0 aromatic heterocycles. The third kappa shape index (κ3) is 21.7. The number of carbonyl (C=O) groups is 3. The summed E-state index contributed by atoms with van der Waals surface area (Å²) < 4.78 is 19.7. The molecule has 8 nitrogen and oxygen atoms in total. The Morgan fingerprint density at radius 2 is 1.40 bits per heavy atom. The van der Waals surface area contributed by atoms with Crippen LogP contribution in [0.4, 0.5) is 0 Å². The van der Waals surface area contributed by atoms with Crippen molar-refractivity contribution < 1.29 is 33.1 Å². The molecule has 0 heterocycles. The highest BCUT2D eigenvalue weighted by Crippen LogP contribution is 2.12. The van der Waals surface area contributed by atoms with Gasteiger partial charge in [-0.15, -0.1) is 4.52 Å². The molecule has 0 aliphatic heterocycles. The number of ether oxygens (including phenoxy) is 1. The van der Waals surface area contributed by atoms with Gasteiger partial charge in [-0.1, -0.05) is 32.1 Å². The monoisotopic (exact) mass is 465 g/mol. The third-order valence-electron chi connectivity index (χ3n) is 4.41. The van der Waals surface area contributed by atoms with Crippen molar-refractivity contribution in [2.24, 2.45) is 0 Å². The lowest BCUT2D eigenvalue weighted by molar-refractivity contribution is -0.185. The van der Waals surface area contributed by atoms with Gasteiger partial charge in [0.25, 0.3) is 0 Å².